The zero-order valence-corrected chi connectivity index (χ0v) is 14.2. The number of ether oxygens (including phenoxy) is 1. The summed E-state index contributed by atoms with van der Waals surface area (Å²) >= 11 is 1.30. The Morgan fingerprint density at radius 2 is 2.32 bits per heavy atom. The zero-order chi connectivity index (χ0) is 17.1. The van der Waals surface area contributed by atoms with E-state index >= 15 is 0 Å². The van der Waals surface area contributed by atoms with Crippen molar-refractivity contribution in [3.05, 3.63) is 30.5 Å². The van der Waals surface area contributed by atoms with Crippen molar-refractivity contribution >= 4 is 23.3 Å². The van der Waals surface area contributed by atoms with Crippen LogP contribution in [0.4, 0.5) is 0 Å². The lowest BCUT2D eigenvalue weighted by molar-refractivity contribution is -0.119. The van der Waals surface area contributed by atoms with Gasteiger partial charge in [0.2, 0.25) is 11.1 Å². The Morgan fingerprint density at radius 1 is 1.36 bits per heavy atom. The molecule has 1 atom stereocenters. The molecule has 0 bridgehead atoms. The van der Waals surface area contributed by atoms with Gasteiger partial charge in [-0.05, 0) is 37.1 Å². The summed E-state index contributed by atoms with van der Waals surface area (Å²) in [6, 6.07) is 7.29. The first-order chi connectivity index (χ1) is 12.3. The topological polar surface area (TPSA) is 94.5 Å². The number of rotatable bonds is 6. The van der Waals surface area contributed by atoms with Gasteiger partial charge in [-0.15, -0.1) is 10.2 Å². The smallest absolute Gasteiger partial charge is 0.230 e. The molecule has 25 heavy (non-hydrogen) atoms. The van der Waals surface area contributed by atoms with Crippen molar-refractivity contribution in [1.82, 2.24) is 25.1 Å². The molecule has 1 amide bonds. The molecule has 0 unspecified atom stereocenters. The number of nitrogens with zero attached hydrogens (tertiary/aromatic N) is 4. The largest absolute Gasteiger partial charge is 0.463 e. The Morgan fingerprint density at radius 3 is 3.12 bits per heavy atom. The third-order valence-electron chi connectivity index (χ3n) is 3.89. The van der Waals surface area contributed by atoms with Crippen molar-refractivity contribution in [3.63, 3.8) is 0 Å². The van der Waals surface area contributed by atoms with E-state index < -0.39 is 0 Å². The van der Waals surface area contributed by atoms with Crippen molar-refractivity contribution < 1.29 is 13.9 Å². The molecule has 130 valence electrons. The van der Waals surface area contributed by atoms with E-state index in [1.807, 2.05) is 18.2 Å². The average Bonchev–Trinajstić information content (AvgIpc) is 3.39. The Hall–Kier alpha value is -2.39. The average molecular weight is 359 g/mol. The highest BCUT2D eigenvalue weighted by atomic mass is 32.2. The Bertz CT molecular complexity index is 858. The van der Waals surface area contributed by atoms with Gasteiger partial charge in [-0.2, -0.15) is 9.61 Å². The summed E-state index contributed by atoms with van der Waals surface area (Å²) < 4.78 is 12.5. The number of furan rings is 1. The van der Waals surface area contributed by atoms with Crippen molar-refractivity contribution in [3.8, 4) is 11.5 Å². The Kier molecular flexibility index (Phi) is 4.66. The van der Waals surface area contributed by atoms with Gasteiger partial charge in [-0.3, -0.25) is 4.79 Å². The maximum Gasteiger partial charge on any atom is 0.230 e. The fourth-order valence-electron chi connectivity index (χ4n) is 2.63. The SMILES string of the molecule is O=C(CSc1nnc2ccc(-c3ccco3)nn12)NC[C@H]1CCCO1. The minimum atomic E-state index is -0.0561. The van der Waals surface area contributed by atoms with Crippen molar-refractivity contribution in [1.29, 1.82) is 0 Å². The van der Waals surface area contributed by atoms with Crippen LogP contribution in [0.25, 0.3) is 17.1 Å². The van der Waals surface area contributed by atoms with E-state index in [-0.39, 0.29) is 17.8 Å². The molecular weight excluding hydrogens is 342 g/mol. The number of thioether (sulfide) groups is 1. The van der Waals surface area contributed by atoms with Crippen molar-refractivity contribution in [2.75, 3.05) is 18.9 Å². The second-order valence-corrected chi connectivity index (χ2v) is 6.62. The zero-order valence-electron chi connectivity index (χ0n) is 13.4. The van der Waals surface area contributed by atoms with Gasteiger partial charge in [-0.1, -0.05) is 11.8 Å². The van der Waals surface area contributed by atoms with Crippen LogP contribution < -0.4 is 5.32 Å². The summed E-state index contributed by atoms with van der Waals surface area (Å²) in [6.07, 6.45) is 3.80. The highest BCUT2D eigenvalue weighted by Crippen LogP contribution is 2.20. The van der Waals surface area contributed by atoms with Gasteiger partial charge in [0.05, 0.1) is 18.1 Å². The molecule has 3 aromatic heterocycles. The molecule has 8 nitrogen and oxygen atoms in total. The summed E-state index contributed by atoms with van der Waals surface area (Å²) in [5.74, 6) is 0.862. The fraction of sp³-hybridized carbons (Fsp3) is 0.375. The van der Waals surface area contributed by atoms with Crippen LogP contribution in [0.3, 0.4) is 0 Å². The van der Waals surface area contributed by atoms with Gasteiger partial charge in [0, 0.05) is 13.2 Å². The standard InChI is InChI=1S/C16H17N5O3S/c22-15(17-9-11-3-1-7-23-11)10-25-16-19-18-14-6-5-12(20-21(14)16)13-4-2-8-24-13/h2,4-6,8,11H,1,3,7,9-10H2,(H,17,22)/t11-/m1/s1. The van der Waals surface area contributed by atoms with Crippen LogP contribution in [0.2, 0.25) is 0 Å². The van der Waals surface area contributed by atoms with Crippen molar-refractivity contribution in [2.24, 2.45) is 0 Å². The van der Waals surface area contributed by atoms with E-state index in [4.69, 9.17) is 9.15 Å². The molecule has 1 saturated heterocycles. The number of hydrogen-bond acceptors (Lipinski definition) is 7. The molecule has 1 aliphatic rings. The first-order valence-electron chi connectivity index (χ1n) is 8.07. The Labute approximate surface area is 147 Å². The second kappa shape index (κ2) is 7.24. The van der Waals surface area contributed by atoms with E-state index in [0.29, 0.717) is 28.8 Å². The summed E-state index contributed by atoms with van der Waals surface area (Å²) in [5, 5.41) is 16.1. The highest BCUT2D eigenvalue weighted by Gasteiger charge is 2.17. The van der Waals surface area contributed by atoms with Gasteiger partial charge in [0.25, 0.3) is 0 Å². The van der Waals surface area contributed by atoms with Crippen LogP contribution >= 0.6 is 11.8 Å². The second-order valence-electron chi connectivity index (χ2n) is 5.68. The molecule has 4 heterocycles. The lowest BCUT2D eigenvalue weighted by Gasteiger charge is -2.10. The molecule has 0 saturated carbocycles. The number of hydrogen-bond donors (Lipinski definition) is 1. The maximum absolute atomic E-state index is 12.0. The molecule has 9 heteroatoms. The van der Waals surface area contributed by atoms with E-state index in [0.717, 1.165) is 19.4 Å². The summed E-state index contributed by atoms with van der Waals surface area (Å²) in [6.45, 7) is 1.34. The molecule has 0 radical (unpaired) electrons. The first-order valence-corrected chi connectivity index (χ1v) is 9.05. The number of carbonyl (C=O) groups is 1. The molecule has 0 aromatic carbocycles. The summed E-state index contributed by atoms with van der Waals surface area (Å²) in [7, 11) is 0. The van der Waals surface area contributed by atoms with Crippen LogP contribution in [-0.2, 0) is 9.53 Å². The summed E-state index contributed by atoms with van der Waals surface area (Å²) in [4.78, 5) is 12.0. The fourth-order valence-corrected chi connectivity index (χ4v) is 3.35. The quantitative estimate of drug-likeness (QED) is 0.670. The van der Waals surface area contributed by atoms with E-state index in [1.54, 1.807) is 16.8 Å². The third-order valence-corrected chi connectivity index (χ3v) is 4.81. The van der Waals surface area contributed by atoms with Crippen LogP contribution in [0, 0.1) is 0 Å². The predicted molar refractivity (Wildman–Crippen MR) is 91.2 cm³/mol. The minimum absolute atomic E-state index is 0.0561. The van der Waals surface area contributed by atoms with Crippen LogP contribution in [0.15, 0.2) is 40.1 Å². The molecule has 1 fully saturated rings. The van der Waals surface area contributed by atoms with Gasteiger partial charge in [0.15, 0.2) is 11.4 Å². The molecule has 1 aliphatic heterocycles. The summed E-state index contributed by atoms with van der Waals surface area (Å²) in [5.41, 5.74) is 1.31. The molecule has 3 aromatic rings. The number of carbonyl (C=O) groups excluding carboxylic acids is 1. The Balaban J connectivity index is 1.40. The van der Waals surface area contributed by atoms with Gasteiger partial charge in [-0.25, -0.2) is 0 Å². The van der Waals surface area contributed by atoms with E-state index in [1.165, 1.54) is 11.8 Å². The van der Waals surface area contributed by atoms with E-state index in [9.17, 15) is 4.79 Å². The van der Waals surface area contributed by atoms with Crippen LogP contribution in [-0.4, -0.2) is 50.7 Å². The lowest BCUT2D eigenvalue weighted by atomic mass is 10.2. The monoisotopic (exact) mass is 359 g/mol. The number of amides is 1. The maximum atomic E-state index is 12.0. The molecule has 0 spiro atoms. The van der Waals surface area contributed by atoms with E-state index in [2.05, 4.69) is 20.6 Å². The van der Waals surface area contributed by atoms with Gasteiger partial charge >= 0.3 is 0 Å². The van der Waals surface area contributed by atoms with Crippen LogP contribution in [0.5, 0.6) is 0 Å². The van der Waals surface area contributed by atoms with Gasteiger partial charge < -0.3 is 14.5 Å². The molecule has 1 N–H and O–H groups in total. The van der Waals surface area contributed by atoms with Crippen molar-refractivity contribution in [2.45, 2.75) is 24.1 Å². The first kappa shape index (κ1) is 16.1. The third kappa shape index (κ3) is 3.67. The number of fused-ring (bicyclic) bond motifs is 1. The number of nitrogens with one attached hydrogen (secondary N) is 1. The molecular formula is C16H17N5O3S. The molecule has 4 rings (SSSR count). The lowest BCUT2D eigenvalue weighted by Crippen LogP contribution is -2.32. The minimum Gasteiger partial charge on any atom is -0.463 e. The normalized spacial score (nSPS) is 17.2. The van der Waals surface area contributed by atoms with Crippen LogP contribution in [0.1, 0.15) is 12.8 Å². The van der Waals surface area contributed by atoms with Gasteiger partial charge in [0.1, 0.15) is 5.69 Å². The molecule has 0 aliphatic carbocycles. The predicted octanol–water partition coefficient (Wildman–Crippen LogP) is 1.77. The number of aromatic nitrogens is 4. The highest BCUT2D eigenvalue weighted by molar-refractivity contribution is 7.99.